The Balaban J connectivity index is 2.03. The molecule has 0 amide bonds. The Labute approximate surface area is 116 Å². The molecule has 0 spiro atoms. The molecule has 0 bridgehead atoms. The van der Waals surface area contributed by atoms with Crippen LogP contribution in [0.4, 0.5) is 0 Å². The topological polar surface area (TPSA) is 41.5 Å². The summed E-state index contributed by atoms with van der Waals surface area (Å²) in [5, 5.41) is 13.5. The number of hydrogen-bond acceptors (Lipinski definition) is 3. The summed E-state index contributed by atoms with van der Waals surface area (Å²) in [6.45, 7) is 9.02. The van der Waals surface area contributed by atoms with Gasteiger partial charge in [0, 0.05) is 12.1 Å². The molecule has 3 heteroatoms. The molecule has 1 aromatic rings. The van der Waals surface area contributed by atoms with Crippen molar-refractivity contribution >= 4 is 0 Å². The molecule has 1 aliphatic heterocycles. The molecule has 1 aliphatic rings. The number of ether oxygens (including phenoxy) is 1. The first kappa shape index (κ1) is 14.4. The van der Waals surface area contributed by atoms with Crippen molar-refractivity contribution in [3.8, 4) is 5.75 Å². The van der Waals surface area contributed by atoms with E-state index in [-0.39, 0.29) is 17.7 Å². The first-order valence-corrected chi connectivity index (χ1v) is 7.09. The van der Waals surface area contributed by atoms with E-state index in [9.17, 15) is 5.11 Å². The zero-order valence-corrected chi connectivity index (χ0v) is 12.3. The fourth-order valence-corrected chi connectivity index (χ4v) is 2.77. The van der Waals surface area contributed by atoms with Crippen LogP contribution in [-0.4, -0.2) is 23.4 Å². The maximum atomic E-state index is 9.99. The van der Waals surface area contributed by atoms with Gasteiger partial charge in [-0.15, -0.1) is 0 Å². The van der Waals surface area contributed by atoms with Gasteiger partial charge >= 0.3 is 0 Å². The molecule has 3 nitrogen and oxygen atoms in total. The van der Waals surface area contributed by atoms with Crippen LogP contribution in [0.1, 0.15) is 45.7 Å². The van der Waals surface area contributed by atoms with E-state index in [4.69, 9.17) is 4.74 Å². The van der Waals surface area contributed by atoms with Gasteiger partial charge in [0.25, 0.3) is 0 Å². The zero-order valence-electron chi connectivity index (χ0n) is 12.3. The van der Waals surface area contributed by atoms with Crippen molar-refractivity contribution in [2.75, 3.05) is 6.54 Å². The highest BCUT2D eigenvalue weighted by Gasteiger charge is 2.40. The van der Waals surface area contributed by atoms with Crippen LogP contribution in [0.25, 0.3) is 0 Å². The average molecular weight is 263 g/mol. The Morgan fingerprint density at radius 2 is 2.00 bits per heavy atom. The second-order valence-corrected chi connectivity index (χ2v) is 6.37. The van der Waals surface area contributed by atoms with Crippen LogP contribution < -0.4 is 10.1 Å². The zero-order chi connectivity index (χ0) is 14.0. The van der Waals surface area contributed by atoms with Crippen molar-refractivity contribution in [1.29, 1.82) is 0 Å². The fraction of sp³-hybridized carbons (Fsp3) is 0.625. The first-order chi connectivity index (χ1) is 8.90. The van der Waals surface area contributed by atoms with Crippen molar-refractivity contribution < 1.29 is 9.84 Å². The summed E-state index contributed by atoms with van der Waals surface area (Å²) in [5.74, 6) is 1.46. The minimum atomic E-state index is -0.302. The Morgan fingerprint density at radius 1 is 1.32 bits per heavy atom. The van der Waals surface area contributed by atoms with Crippen LogP contribution in [0.15, 0.2) is 24.3 Å². The quantitative estimate of drug-likeness (QED) is 0.858. The van der Waals surface area contributed by atoms with Crippen molar-refractivity contribution in [3.63, 3.8) is 0 Å². The molecular formula is C16H25NO2. The minimum absolute atomic E-state index is 0.130. The van der Waals surface area contributed by atoms with Crippen molar-refractivity contribution in [1.82, 2.24) is 5.32 Å². The Morgan fingerprint density at radius 3 is 2.68 bits per heavy atom. The third kappa shape index (κ3) is 3.28. The van der Waals surface area contributed by atoms with Gasteiger partial charge in [-0.05, 0) is 32.3 Å². The number of benzene rings is 1. The van der Waals surface area contributed by atoms with E-state index >= 15 is 0 Å². The summed E-state index contributed by atoms with van der Waals surface area (Å²) in [7, 11) is 0. The van der Waals surface area contributed by atoms with E-state index < -0.39 is 0 Å². The van der Waals surface area contributed by atoms with E-state index in [2.05, 4.69) is 39.1 Å². The third-order valence-electron chi connectivity index (χ3n) is 3.60. The van der Waals surface area contributed by atoms with E-state index in [1.54, 1.807) is 0 Å². The highest BCUT2D eigenvalue weighted by molar-refractivity contribution is 5.42. The second-order valence-electron chi connectivity index (χ2n) is 6.37. The lowest BCUT2D eigenvalue weighted by molar-refractivity contribution is 0.0820. The van der Waals surface area contributed by atoms with E-state index in [0.717, 1.165) is 12.2 Å². The molecule has 19 heavy (non-hydrogen) atoms. The monoisotopic (exact) mass is 263 g/mol. The molecule has 1 heterocycles. The molecule has 0 saturated heterocycles. The normalized spacial score (nSPS) is 22.1. The highest BCUT2D eigenvalue weighted by Crippen LogP contribution is 2.42. The van der Waals surface area contributed by atoms with Crippen molar-refractivity contribution in [2.45, 2.75) is 51.9 Å². The Hall–Kier alpha value is -1.06. The standard InChI is InChI=1S/C16H25NO2/c1-11(2)9-12(18)10-17-15-13-7-5-6-8-14(13)19-16(15,3)4/h5-8,11-12,15,17-18H,9-10H2,1-4H3. The molecule has 0 aromatic heterocycles. The van der Waals surface area contributed by atoms with Gasteiger partial charge in [-0.3, -0.25) is 0 Å². The SMILES string of the molecule is CC(C)CC(O)CNC1c2ccccc2OC1(C)C. The number of para-hydroxylation sites is 1. The second kappa shape index (κ2) is 5.51. The summed E-state index contributed by atoms with van der Waals surface area (Å²) in [6.07, 6.45) is 0.520. The van der Waals surface area contributed by atoms with Crippen LogP contribution in [0.3, 0.4) is 0 Å². The van der Waals surface area contributed by atoms with Gasteiger partial charge in [-0.25, -0.2) is 0 Å². The summed E-state index contributed by atoms with van der Waals surface area (Å²) >= 11 is 0. The van der Waals surface area contributed by atoms with Crippen LogP contribution in [0.2, 0.25) is 0 Å². The summed E-state index contributed by atoms with van der Waals surface area (Å²) in [4.78, 5) is 0. The largest absolute Gasteiger partial charge is 0.486 e. The molecule has 0 saturated carbocycles. The highest BCUT2D eigenvalue weighted by atomic mass is 16.5. The van der Waals surface area contributed by atoms with Gasteiger partial charge in [-0.2, -0.15) is 0 Å². The maximum absolute atomic E-state index is 9.99. The van der Waals surface area contributed by atoms with Gasteiger partial charge in [0.1, 0.15) is 11.4 Å². The van der Waals surface area contributed by atoms with Crippen LogP contribution in [-0.2, 0) is 0 Å². The van der Waals surface area contributed by atoms with Gasteiger partial charge in [0.2, 0.25) is 0 Å². The molecule has 2 atom stereocenters. The molecule has 1 aromatic carbocycles. The van der Waals surface area contributed by atoms with Gasteiger partial charge < -0.3 is 15.2 Å². The van der Waals surface area contributed by atoms with E-state index in [1.165, 1.54) is 5.56 Å². The number of hydrogen-bond donors (Lipinski definition) is 2. The molecule has 2 N–H and O–H groups in total. The molecule has 106 valence electrons. The molecule has 2 rings (SSSR count). The number of fused-ring (bicyclic) bond motifs is 1. The summed E-state index contributed by atoms with van der Waals surface area (Å²) in [6, 6.07) is 8.25. The van der Waals surface area contributed by atoms with Crippen molar-refractivity contribution in [2.24, 2.45) is 5.92 Å². The van der Waals surface area contributed by atoms with E-state index in [0.29, 0.717) is 12.5 Å². The number of rotatable bonds is 5. The lowest BCUT2D eigenvalue weighted by Gasteiger charge is -2.28. The van der Waals surface area contributed by atoms with Gasteiger partial charge in [0.15, 0.2) is 0 Å². The number of nitrogens with one attached hydrogen (secondary N) is 1. The fourth-order valence-electron chi connectivity index (χ4n) is 2.77. The Bertz CT molecular complexity index is 429. The van der Waals surface area contributed by atoms with Crippen LogP contribution in [0.5, 0.6) is 5.75 Å². The Kier molecular flexibility index (Phi) is 4.16. The minimum Gasteiger partial charge on any atom is -0.486 e. The van der Waals surface area contributed by atoms with Crippen LogP contribution in [0, 0.1) is 5.92 Å². The maximum Gasteiger partial charge on any atom is 0.125 e. The molecule has 0 radical (unpaired) electrons. The predicted octanol–water partition coefficient (Wildman–Crippen LogP) is 2.90. The van der Waals surface area contributed by atoms with Crippen molar-refractivity contribution in [3.05, 3.63) is 29.8 Å². The molecule has 0 fully saturated rings. The summed E-state index contributed by atoms with van der Waals surface area (Å²) in [5.41, 5.74) is 0.908. The molecule has 2 unspecified atom stereocenters. The van der Waals surface area contributed by atoms with Gasteiger partial charge in [-0.1, -0.05) is 32.0 Å². The first-order valence-electron chi connectivity index (χ1n) is 7.09. The van der Waals surface area contributed by atoms with Crippen LogP contribution >= 0.6 is 0 Å². The summed E-state index contributed by atoms with van der Waals surface area (Å²) < 4.78 is 5.98. The average Bonchev–Trinajstić information content (AvgIpc) is 2.55. The predicted molar refractivity (Wildman–Crippen MR) is 77.4 cm³/mol. The smallest absolute Gasteiger partial charge is 0.125 e. The number of aliphatic hydroxyl groups excluding tert-OH is 1. The van der Waals surface area contributed by atoms with E-state index in [1.807, 2.05) is 18.2 Å². The number of aliphatic hydroxyl groups is 1. The lowest BCUT2D eigenvalue weighted by Crippen LogP contribution is -2.42. The van der Waals surface area contributed by atoms with Gasteiger partial charge in [0.05, 0.1) is 12.1 Å². The third-order valence-corrected chi connectivity index (χ3v) is 3.60. The lowest BCUT2D eigenvalue weighted by atomic mass is 9.94. The molecule has 0 aliphatic carbocycles. The molecular weight excluding hydrogens is 238 g/mol.